The number of carbonyl (C=O) groups is 1. The molecule has 24 heavy (non-hydrogen) atoms. The first kappa shape index (κ1) is 20.2. The number of benzene rings is 1. The van der Waals surface area contributed by atoms with Gasteiger partial charge < -0.3 is 10.2 Å². The van der Waals surface area contributed by atoms with Gasteiger partial charge in [-0.25, -0.2) is 8.42 Å². The minimum atomic E-state index is -3.58. The molecule has 0 unspecified atom stereocenters. The molecule has 7 heteroatoms. The molecule has 0 saturated carbocycles. The highest BCUT2D eigenvalue weighted by molar-refractivity contribution is 7.89. The molecule has 0 saturated heterocycles. The van der Waals surface area contributed by atoms with Crippen LogP contribution in [0.25, 0.3) is 0 Å². The Morgan fingerprint density at radius 2 is 1.75 bits per heavy atom. The number of sulfonamides is 1. The van der Waals surface area contributed by atoms with Crippen molar-refractivity contribution >= 4 is 27.3 Å². The summed E-state index contributed by atoms with van der Waals surface area (Å²) in [6.07, 6.45) is 1.48. The first-order valence-corrected chi connectivity index (χ1v) is 9.34. The highest BCUT2D eigenvalue weighted by Gasteiger charge is 2.23. The average Bonchev–Trinajstić information content (AvgIpc) is 2.46. The summed E-state index contributed by atoms with van der Waals surface area (Å²) < 4.78 is 26.7. The Kier molecular flexibility index (Phi) is 6.98. The van der Waals surface area contributed by atoms with E-state index >= 15 is 0 Å². The normalized spacial score (nSPS) is 11.3. The maximum Gasteiger partial charge on any atom is 0.248 e. The fourth-order valence-electron chi connectivity index (χ4n) is 2.31. The standard InChI is InChI=1S/C17H27N3O3S/c1-7-20(8-2)24(22,23)14-9-10-16(19(5)6)15(12-14)18-17(21)11-13(3)4/h9-12H,7-8H2,1-6H3,(H,18,21). The maximum atomic E-state index is 12.7. The van der Waals surface area contributed by atoms with Crippen LogP contribution in [0.1, 0.15) is 27.7 Å². The van der Waals surface area contributed by atoms with Crippen molar-refractivity contribution in [2.24, 2.45) is 0 Å². The molecule has 134 valence electrons. The van der Waals surface area contributed by atoms with Crippen molar-refractivity contribution in [3.63, 3.8) is 0 Å². The smallest absolute Gasteiger partial charge is 0.248 e. The van der Waals surface area contributed by atoms with E-state index in [2.05, 4.69) is 5.32 Å². The van der Waals surface area contributed by atoms with Gasteiger partial charge in [0.2, 0.25) is 15.9 Å². The van der Waals surface area contributed by atoms with Gasteiger partial charge in [0.05, 0.1) is 16.3 Å². The molecule has 1 aromatic carbocycles. The molecule has 1 N–H and O–H groups in total. The minimum Gasteiger partial charge on any atom is -0.376 e. The van der Waals surface area contributed by atoms with E-state index in [0.717, 1.165) is 11.3 Å². The SMILES string of the molecule is CCN(CC)S(=O)(=O)c1ccc(N(C)C)c(NC(=O)C=C(C)C)c1. The summed E-state index contributed by atoms with van der Waals surface area (Å²) in [6.45, 7) is 8.04. The number of amides is 1. The van der Waals surface area contributed by atoms with Gasteiger partial charge in [-0.3, -0.25) is 4.79 Å². The third-order valence-corrected chi connectivity index (χ3v) is 5.52. The van der Waals surface area contributed by atoms with Gasteiger partial charge in [0, 0.05) is 33.3 Å². The van der Waals surface area contributed by atoms with Crippen molar-refractivity contribution in [2.45, 2.75) is 32.6 Å². The van der Waals surface area contributed by atoms with E-state index in [4.69, 9.17) is 0 Å². The number of hydrogen-bond acceptors (Lipinski definition) is 4. The molecule has 0 heterocycles. The Hall–Kier alpha value is -1.86. The molecule has 0 spiro atoms. The summed E-state index contributed by atoms with van der Waals surface area (Å²) >= 11 is 0. The Labute approximate surface area is 145 Å². The van der Waals surface area contributed by atoms with Crippen LogP contribution in [-0.4, -0.2) is 45.8 Å². The molecular formula is C17H27N3O3S. The number of nitrogens with one attached hydrogen (secondary N) is 1. The van der Waals surface area contributed by atoms with E-state index in [9.17, 15) is 13.2 Å². The lowest BCUT2D eigenvalue weighted by molar-refractivity contribution is -0.111. The van der Waals surface area contributed by atoms with E-state index in [1.807, 2.05) is 32.8 Å². The predicted molar refractivity (Wildman–Crippen MR) is 98.9 cm³/mol. The van der Waals surface area contributed by atoms with Gasteiger partial charge in [-0.05, 0) is 32.0 Å². The first-order chi connectivity index (χ1) is 11.1. The van der Waals surface area contributed by atoms with E-state index in [1.54, 1.807) is 26.0 Å². The zero-order chi connectivity index (χ0) is 18.5. The number of allylic oxidation sites excluding steroid dienone is 1. The maximum absolute atomic E-state index is 12.7. The largest absolute Gasteiger partial charge is 0.376 e. The highest BCUT2D eigenvalue weighted by Crippen LogP contribution is 2.29. The van der Waals surface area contributed by atoms with Crippen molar-refractivity contribution in [1.82, 2.24) is 4.31 Å². The molecule has 1 amide bonds. The fraction of sp³-hybridized carbons (Fsp3) is 0.471. The first-order valence-electron chi connectivity index (χ1n) is 7.90. The molecule has 0 aromatic heterocycles. The lowest BCUT2D eigenvalue weighted by Crippen LogP contribution is -2.30. The summed E-state index contributed by atoms with van der Waals surface area (Å²) in [6, 6.07) is 4.79. The van der Waals surface area contributed by atoms with Crippen molar-refractivity contribution in [2.75, 3.05) is 37.4 Å². The van der Waals surface area contributed by atoms with Crippen LogP contribution < -0.4 is 10.2 Å². The van der Waals surface area contributed by atoms with E-state index in [-0.39, 0.29) is 10.8 Å². The number of rotatable bonds is 7. The molecule has 0 atom stereocenters. The molecule has 0 aliphatic rings. The number of carbonyl (C=O) groups excluding carboxylic acids is 1. The van der Waals surface area contributed by atoms with Crippen LogP contribution in [0.2, 0.25) is 0 Å². The molecule has 1 aromatic rings. The van der Waals surface area contributed by atoms with Crippen molar-refractivity contribution in [1.29, 1.82) is 0 Å². The lowest BCUT2D eigenvalue weighted by atomic mass is 10.2. The molecule has 0 radical (unpaired) electrons. The molecule has 0 aliphatic carbocycles. The lowest BCUT2D eigenvalue weighted by Gasteiger charge is -2.22. The fourth-order valence-corrected chi connectivity index (χ4v) is 3.79. The topological polar surface area (TPSA) is 69.7 Å². The summed E-state index contributed by atoms with van der Waals surface area (Å²) in [7, 11) is 0.0986. The Balaban J connectivity index is 3.36. The zero-order valence-electron chi connectivity index (χ0n) is 15.3. The second-order valence-corrected chi connectivity index (χ2v) is 7.81. The van der Waals surface area contributed by atoms with Gasteiger partial charge in [0.25, 0.3) is 0 Å². The highest BCUT2D eigenvalue weighted by atomic mass is 32.2. The summed E-state index contributed by atoms with van der Waals surface area (Å²) in [5, 5.41) is 2.77. The summed E-state index contributed by atoms with van der Waals surface area (Å²) in [5.41, 5.74) is 2.07. The van der Waals surface area contributed by atoms with Crippen LogP contribution in [0.3, 0.4) is 0 Å². The molecule has 6 nitrogen and oxygen atoms in total. The molecule has 0 aliphatic heterocycles. The predicted octanol–water partition coefficient (Wildman–Crippen LogP) is 2.69. The van der Waals surface area contributed by atoms with Crippen LogP contribution in [0, 0.1) is 0 Å². The molecule has 0 fully saturated rings. The molecular weight excluding hydrogens is 326 g/mol. The summed E-state index contributed by atoms with van der Waals surface area (Å²) in [5.74, 6) is -0.282. The van der Waals surface area contributed by atoms with Crippen LogP contribution in [-0.2, 0) is 14.8 Å². The Morgan fingerprint density at radius 1 is 1.17 bits per heavy atom. The van der Waals surface area contributed by atoms with Gasteiger partial charge in [-0.2, -0.15) is 4.31 Å². The van der Waals surface area contributed by atoms with Gasteiger partial charge in [0.1, 0.15) is 0 Å². The van der Waals surface area contributed by atoms with Gasteiger partial charge in [-0.1, -0.05) is 19.4 Å². The number of nitrogens with zero attached hydrogens (tertiary/aromatic N) is 2. The van der Waals surface area contributed by atoms with Gasteiger partial charge >= 0.3 is 0 Å². The van der Waals surface area contributed by atoms with E-state index < -0.39 is 10.0 Å². The zero-order valence-corrected chi connectivity index (χ0v) is 16.1. The van der Waals surface area contributed by atoms with Crippen molar-refractivity contribution in [3.8, 4) is 0 Å². The quantitative estimate of drug-likeness (QED) is 0.765. The third kappa shape index (κ3) is 4.82. The molecule has 1 rings (SSSR count). The second-order valence-electron chi connectivity index (χ2n) is 5.87. The van der Waals surface area contributed by atoms with Crippen LogP contribution in [0.4, 0.5) is 11.4 Å². The van der Waals surface area contributed by atoms with Crippen LogP contribution >= 0.6 is 0 Å². The van der Waals surface area contributed by atoms with E-state index in [1.165, 1.54) is 16.4 Å². The summed E-state index contributed by atoms with van der Waals surface area (Å²) in [4.78, 5) is 14.0. The average molecular weight is 353 g/mol. The molecule has 0 bridgehead atoms. The van der Waals surface area contributed by atoms with Crippen molar-refractivity contribution in [3.05, 3.63) is 29.8 Å². The van der Waals surface area contributed by atoms with Crippen LogP contribution in [0.5, 0.6) is 0 Å². The monoisotopic (exact) mass is 353 g/mol. The Bertz CT molecular complexity index is 717. The van der Waals surface area contributed by atoms with Crippen molar-refractivity contribution < 1.29 is 13.2 Å². The number of anilines is 2. The van der Waals surface area contributed by atoms with Gasteiger partial charge in [0.15, 0.2) is 0 Å². The van der Waals surface area contributed by atoms with Crippen LogP contribution in [0.15, 0.2) is 34.7 Å². The number of hydrogen-bond donors (Lipinski definition) is 1. The minimum absolute atomic E-state index is 0.171. The second kappa shape index (κ2) is 8.30. The Morgan fingerprint density at radius 3 is 2.21 bits per heavy atom. The third-order valence-electron chi connectivity index (χ3n) is 3.47. The van der Waals surface area contributed by atoms with E-state index in [0.29, 0.717) is 18.8 Å². The van der Waals surface area contributed by atoms with Gasteiger partial charge in [-0.15, -0.1) is 0 Å².